The van der Waals surface area contributed by atoms with Crippen molar-refractivity contribution in [2.45, 2.75) is 12.8 Å². The summed E-state index contributed by atoms with van der Waals surface area (Å²) in [5, 5.41) is 9.06. The first-order valence-electron chi connectivity index (χ1n) is 6.07. The molecule has 1 aromatic rings. The van der Waals surface area contributed by atoms with E-state index in [2.05, 4.69) is 10.4 Å². The summed E-state index contributed by atoms with van der Waals surface area (Å²) in [4.78, 5) is 18.0. The third-order valence-electron chi connectivity index (χ3n) is 3.31. The molecule has 98 valence electrons. The predicted octanol–water partition coefficient (Wildman–Crippen LogP) is 0.212. The second-order valence-electron chi connectivity index (χ2n) is 4.49. The molecule has 6 nitrogen and oxygen atoms in total. The summed E-state index contributed by atoms with van der Waals surface area (Å²) >= 11 is 0. The molecular formula is C12H18N4O2. The van der Waals surface area contributed by atoms with Gasteiger partial charge in [0, 0.05) is 25.9 Å². The summed E-state index contributed by atoms with van der Waals surface area (Å²) in [6.07, 6.45) is 3.25. The molecule has 0 saturated carbocycles. The fourth-order valence-corrected chi connectivity index (χ4v) is 2.12. The lowest BCUT2D eigenvalue weighted by molar-refractivity contribution is 0.0645. The predicted molar refractivity (Wildman–Crippen MR) is 67.8 cm³/mol. The van der Waals surface area contributed by atoms with Gasteiger partial charge in [0.15, 0.2) is 0 Å². The quantitative estimate of drug-likeness (QED) is 0.527. The van der Waals surface area contributed by atoms with Crippen LogP contribution in [-0.2, 0) is 0 Å². The van der Waals surface area contributed by atoms with E-state index in [1.165, 1.54) is 0 Å². The zero-order valence-corrected chi connectivity index (χ0v) is 10.2. The number of carbonyl (C=O) groups excluding carboxylic acids is 1. The second kappa shape index (κ2) is 5.79. The zero-order valence-electron chi connectivity index (χ0n) is 10.2. The van der Waals surface area contributed by atoms with Crippen LogP contribution in [0.15, 0.2) is 18.3 Å². The number of carbonyl (C=O) groups is 1. The minimum atomic E-state index is -0.0801. The molecular weight excluding hydrogens is 232 g/mol. The fraction of sp³-hybridized carbons (Fsp3) is 0.500. The Labute approximate surface area is 106 Å². The van der Waals surface area contributed by atoms with Crippen LogP contribution in [0.2, 0.25) is 0 Å². The van der Waals surface area contributed by atoms with E-state index in [1.807, 2.05) is 0 Å². The highest BCUT2D eigenvalue weighted by Crippen LogP contribution is 2.18. The smallest absolute Gasteiger partial charge is 0.272 e. The molecule has 1 fully saturated rings. The number of piperidine rings is 1. The van der Waals surface area contributed by atoms with E-state index in [9.17, 15) is 4.79 Å². The molecule has 1 amide bonds. The molecule has 2 rings (SSSR count). The van der Waals surface area contributed by atoms with E-state index in [0.717, 1.165) is 12.8 Å². The molecule has 1 saturated heterocycles. The molecule has 1 aliphatic rings. The van der Waals surface area contributed by atoms with Gasteiger partial charge in [-0.05, 0) is 30.9 Å². The summed E-state index contributed by atoms with van der Waals surface area (Å²) in [6, 6.07) is 3.34. The number of pyridine rings is 1. The van der Waals surface area contributed by atoms with Crippen molar-refractivity contribution in [3.63, 3.8) is 0 Å². The number of aliphatic hydroxyl groups is 1. The highest BCUT2D eigenvalue weighted by atomic mass is 16.3. The molecule has 0 radical (unpaired) electrons. The second-order valence-corrected chi connectivity index (χ2v) is 4.49. The third kappa shape index (κ3) is 2.77. The van der Waals surface area contributed by atoms with Crippen LogP contribution in [0.1, 0.15) is 23.3 Å². The van der Waals surface area contributed by atoms with Crippen molar-refractivity contribution in [2.75, 3.05) is 25.1 Å². The maximum absolute atomic E-state index is 12.2. The first-order valence-corrected chi connectivity index (χ1v) is 6.07. The maximum Gasteiger partial charge on any atom is 0.272 e. The summed E-state index contributed by atoms with van der Waals surface area (Å²) in [5.41, 5.74) is 3.56. The van der Waals surface area contributed by atoms with Gasteiger partial charge in [0.2, 0.25) is 0 Å². The Morgan fingerprint density at radius 2 is 2.28 bits per heavy atom. The van der Waals surface area contributed by atoms with Gasteiger partial charge < -0.3 is 15.4 Å². The first-order chi connectivity index (χ1) is 8.74. The van der Waals surface area contributed by atoms with E-state index in [0.29, 0.717) is 30.4 Å². The highest BCUT2D eigenvalue weighted by molar-refractivity contribution is 5.93. The third-order valence-corrected chi connectivity index (χ3v) is 3.31. The van der Waals surface area contributed by atoms with Crippen LogP contribution < -0.4 is 11.3 Å². The van der Waals surface area contributed by atoms with Gasteiger partial charge in [0.25, 0.3) is 5.91 Å². The number of hydrogen-bond acceptors (Lipinski definition) is 5. The van der Waals surface area contributed by atoms with Crippen LogP contribution in [0.25, 0.3) is 0 Å². The highest BCUT2D eigenvalue weighted by Gasteiger charge is 2.23. The Morgan fingerprint density at radius 3 is 2.89 bits per heavy atom. The monoisotopic (exact) mass is 250 g/mol. The number of amides is 1. The number of aromatic nitrogens is 1. The lowest BCUT2D eigenvalue weighted by Gasteiger charge is -2.30. The molecule has 6 heteroatoms. The molecule has 0 unspecified atom stereocenters. The lowest BCUT2D eigenvalue weighted by Crippen LogP contribution is -2.39. The van der Waals surface area contributed by atoms with Gasteiger partial charge in [-0.2, -0.15) is 0 Å². The Hall–Kier alpha value is -1.66. The fourth-order valence-electron chi connectivity index (χ4n) is 2.12. The minimum absolute atomic E-state index is 0.0801. The van der Waals surface area contributed by atoms with Gasteiger partial charge in [0.05, 0.1) is 5.69 Å². The number of anilines is 1. The Bertz CT molecular complexity index is 416. The van der Waals surface area contributed by atoms with E-state index < -0.39 is 0 Å². The Kier molecular flexibility index (Phi) is 4.11. The summed E-state index contributed by atoms with van der Waals surface area (Å²) in [6.45, 7) is 1.55. The normalized spacial score (nSPS) is 16.7. The van der Waals surface area contributed by atoms with Gasteiger partial charge >= 0.3 is 0 Å². The SMILES string of the molecule is NNc1ccnc(C(=O)N2CCC(CO)CC2)c1. The minimum Gasteiger partial charge on any atom is -0.396 e. The van der Waals surface area contributed by atoms with Crippen LogP contribution in [0.5, 0.6) is 0 Å². The number of nitrogen functional groups attached to an aromatic ring is 1. The van der Waals surface area contributed by atoms with Gasteiger partial charge in [0.1, 0.15) is 5.69 Å². The van der Waals surface area contributed by atoms with Gasteiger partial charge in [-0.1, -0.05) is 0 Å². The van der Waals surface area contributed by atoms with E-state index in [1.54, 1.807) is 23.2 Å². The Morgan fingerprint density at radius 1 is 1.56 bits per heavy atom. The number of likely N-dealkylation sites (tertiary alicyclic amines) is 1. The summed E-state index contributed by atoms with van der Waals surface area (Å²) in [5.74, 6) is 5.54. The molecule has 4 N–H and O–H groups in total. The van der Waals surface area contributed by atoms with Crippen LogP contribution in [0.3, 0.4) is 0 Å². The molecule has 18 heavy (non-hydrogen) atoms. The number of nitrogens with two attached hydrogens (primary N) is 1. The Balaban J connectivity index is 2.03. The average molecular weight is 250 g/mol. The van der Waals surface area contributed by atoms with Gasteiger partial charge in [-0.15, -0.1) is 0 Å². The first kappa shape index (κ1) is 12.8. The van der Waals surface area contributed by atoms with Crippen molar-refractivity contribution in [3.05, 3.63) is 24.0 Å². The van der Waals surface area contributed by atoms with Crippen LogP contribution in [0, 0.1) is 5.92 Å². The number of nitrogens with one attached hydrogen (secondary N) is 1. The molecule has 0 bridgehead atoms. The topological polar surface area (TPSA) is 91.5 Å². The standard InChI is InChI=1S/C12H18N4O2/c13-15-10-1-4-14-11(7-10)12(18)16-5-2-9(8-17)3-6-16/h1,4,7,9,17H,2-3,5-6,8,13H2,(H,14,15). The zero-order chi connectivity index (χ0) is 13.0. The number of nitrogens with zero attached hydrogens (tertiary/aromatic N) is 2. The van der Waals surface area contributed by atoms with Gasteiger partial charge in [-0.25, -0.2) is 0 Å². The van der Waals surface area contributed by atoms with Crippen molar-refractivity contribution >= 4 is 11.6 Å². The molecule has 1 aliphatic heterocycles. The molecule has 0 aromatic carbocycles. The number of rotatable bonds is 3. The lowest BCUT2D eigenvalue weighted by atomic mass is 9.98. The van der Waals surface area contributed by atoms with Crippen molar-refractivity contribution in [2.24, 2.45) is 11.8 Å². The number of aliphatic hydroxyl groups excluding tert-OH is 1. The van der Waals surface area contributed by atoms with Crippen molar-refractivity contribution in [1.29, 1.82) is 0 Å². The summed E-state index contributed by atoms with van der Waals surface area (Å²) in [7, 11) is 0. The van der Waals surface area contributed by atoms with Gasteiger partial charge in [-0.3, -0.25) is 15.6 Å². The van der Waals surface area contributed by atoms with Crippen molar-refractivity contribution < 1.29 is 9.90 Å². The van der Waals surface area contributed by atoms with Crippen LogP contribution in [0.4, 0.5) is 5.69 Å². The van der Waals surface area contributed by atoms with Crippen LogP contribution in [-0.4, -0.2) is 40.6 Å². The number of hydrogen-bond donors (Lipinski definition) is 3. The number of hydrazine groups is 1. The van der Waals surface area contributed by atoms with Crippen molar-refractivity contribution in [3.8, 4) is 0 Å². The largest absolute Gasteiger partial charge is 0.396 e. The molecule has 1 aromatic heterocycles. The average Bonchev–Trinajstić information content (AvgIpc) is 2.46. The van der Waals surface area contributed by atoms with E-state index >= 15 is 0 Å². The molecule has 2 heterocycles. The molecule has 0 atom stereocenters. The van der Waals surface area contributed by atoms with Crippen molar-refractivity contribution in [1.82, 2.24) is 9.88 Å². The van der Waals surface area contributed by atoms with Crippen LogP contribution >= 0.6 is 0 Å². The maximum atomic E-state index is 12.2. The van der Waals surface area contributed by atoms with E-state index in [4.69, 9.17) is 10.9 Å². The van der Waals surface area contributed by atoms with E-state index in [-0.39, 0.29) is 12.5 Å². The molecule has 0 spiro atoms. The molecule has 0 aliphatic carbocycles. The summed E-state index contributed by atoms with van der Waals surface area (Å²) < 4.78 is 0.